The summed E-state index contributed by atoms with van der Waals surface area (Å²) in [5, 5.41) is 11.9. The molecule has 0 saturated heterocycles. The van der Waals surface area contributed by atoms with Gasteiger partial charge in [0.2, 0.25) is 0 Å². The van der Waals surface area contributed by atoms with Crippen molar-refractivity contribution in [1.82, 2.24) is 5.32 Å². The van der Waals surface area contributed by atoms with Gasteiger partial charge in [-0.05, 0) is 31.9 Å². The van der Waals surface area contributed by atoms with Crippen molar-refractivity contribution in [1.29, 1.82) is 0 Å². The molecule has 1 unspecified atom stereocenters. The topological polar surface area (TPSA) is 58.6 Å². The second-order valence-corrected chi connectivity index (χ2v) is 5.24. The number of nitrogens with one attached hydrogen (secondary N) is 1. The number of rotatable bonds is 6. The molecule has 5 heteroatoms. The number of aliphatic hydroxyl groups is 1. The first-order valence-electron chi connectivity index (χ1n) is 5.56. The lowest BCUT2D eigenvalue weighted by molar-refractivity contribution is 0.0899. The van der Waals surface area contributed by atoms with Crippen LogP contribution in [0.1, 0.15) is 26.5 Å². The summed E-state index contributed by atoms with van der Waals surface area (Å²) in [5.74, 6) is -0.124. The van der Waals surface area contributed by atoms with E-state index in [9.17, 15) is 4.79 Å². The van der Waals surface area contributed by atoms with Gasteiger partial charge in [0.1, 0.15) is 0 Å². The Balaban J connectivity index is 2.58. The van der Waals surface area contributed by atoms with E-state index in [1.165, 1.54) is 11.3 Å². The molecular formula is C12H19NO3S. The van der Waals surface area contributed by atoms with E-state index >= 15 is 0 Å². The first-order valence-corrected chi connectivity index (χ1v) is 6.37. The van der Waals surface area contributed by atoms with Crippen molar-refractivity contribution < 1.29 is 14.6 Å². The maximum Gasteiger partial charge on any atom is 0.261 e. The molecule has 0 saturated carbocycles. The molecule has 17 heavy (non-hydrogen) atoms. The van der Waals surface area contributed by atoms with Gasteiger partial charge in [0.15, 0.2) is 0 Å². The van der Waals surface area contributed by atoms with Gasteiger partial charge < -0.3 is 15.2 Å². The number of thiophene rings is 1. The minimum absolute atomic E-state index is 0.0710. The van der Waals surface area contributed by atoms with Crippen LogP contribution < -0.4 is 5.32 Å². The van der Waals surface area contributed by atoms with Crippen molar-refractivity contribution in [2.45, 2.75) is 26.3 Å². The molecule has 0 spiro atoms. The molecule has 96 valence electrons. The maximum atomic E-state index is 11.9. The monoisotopic (exact) mass is 257 g/mol. The molecule has 1 rings (SSSR count). The molecule has 1 aromatic rings. The zero-order valence-electron chi connectivity index (χ0n) is 10.4. The fourth-order valence-electron chi connectivity index (χ4n) is 1.41. The first kappa shape index (κ1) is 14.2. The highest BCUT2D eigenvalue weighted by molar-refractivity contribution is 7.14. The van der Waals surface area contributed by atoms with Gasteiger partial charge in [-0.15, -0.1) is 11.3 Å². The van der Waals surface area contributed by atoms with Crippen LogP contribution in [0.25, 0.3) is 0 Å². The van der Waals surface area contributed by atoms with Gasteiger partial charge in [0.25, 0.3) is 5.91 Å². The second kappa shape index (κ2) is 6.74. The number of amides is 1. The highest BCUT2D eigenvalue weighted by Gasteiger charge is 2.15. The minimum atomic E-state index is -0.245. The van der Waals surface area contributed by atoms with E-state index < -0.39 is 0 Å². The van der Waals surface area contributed by atoms with E-state index in [1.807, 2.05) is 19.9 Å². The largest absolute Gasteiger partial charge is 0.394 e. The fraction of sp³-hybridized carbons (Fsp3) is 0.583. The fourth-order valence-corrected chi connectivity index (χ4v) is 2.35. The summed E-state index contributed by atoms with van der Waals surface area (Å²) in [7, 11) is 1.60. The van der Waals surface area contributed by atoms with Crippen molar-refractivity contribution in [3.05, 3.63) is 21.4 Å². The molecule has 0 aliphatic rings. The third-order valence-corrected chi connectivity index (χ3v) is 3.77. The average Bonchev–Trinajstić information content (AvgIpc) is 2.65. The van der Waals surface area contributed by atoms with Gasteiger partial charge >= 0.3 is 0 Å². The molecule has 0 aliphatic heterocycles. The summed E-state index contributed by atoms with van der Waals surface area (Å²) in [5.41, 5.74) is 1.12. The quantitative estimate of drug-likeness (QED) is 0.812. The predicted molar refractivity (Wildman–Crippen MR) is 68.6 cm³/mol. The molecule has 1 heterocycles. The zero-order valence-corrected chi connectivity index (χ0v) is 11.3. The SMILES string of the molecule is COCCC(CO)NC(=O)c1cc(C)c(C)s1. The minimum Gasteiger partial charge on any atom is -0.394 e. The number of hydrogen-bond donors (Lipinski definition) is 2. The predicted octanol–water partition coefficient (Wildman–Crippen LogP) is 1.49. The van der Waals surface area contributed by atoms with Gasteiger partial charge in [0, 0.05) is 18.6 Å². The molecule has 0 aromatic carbocycles. The summed E-state index contributed by atoms with van der Waals surface area (Å²) in [6, 6.07) is 1.63. The summed E-state index contributed by atoms with van der Waals surface area (Å²) in [6.45, 7) is 4.43. The van der Waals surface area contributed by atoms with Crippen LogP contribution in [-0.2, 0) is 4.74 Å². The van der Waals surface area contributed by atoms with Crippen LogP contribution in [0.15, 0.2) is 6.07 Å². The zero-order chi connectivity index (χ0) is 12.8. The van der Waals surface area contributed by atoms with Crippen LogP contribution in [0.2, 0.25) is 0 Å². The number of methoxy groups -OCH3 is 1. The Labute approximate surface area is 106 Å². The van der Waals surface area contributed by atoms with E-state index in [1.54, 1.807) is 7.11 Å². The smallest absolute Gasteiger partial charge is 0.261 e. The van der Waals surface area contributed by atoms with E-state index in [-0.39, 0.29) is 18.6 Å². The number of carbonyl (C=O) groups excluding carboxylic acids is 1. The van der Waals surface area contributed by atoms with Gasteiger partial charge in [-0.1, -0.05) is 0 Å². The van der Waals surface area contributed by atoms with Crippen molar-refractivity contribution in [3.63, 3.8) is 0 Å². The third-order valence-electron chi connectivity index (χ3n) is 2.62. The van der Waals surface area contributed by atoms with E-state index in [2.05, 4.69) is 5.32 Å². The van der Waals surface area contributed by atoms with Crippen LogP contribution >= 0.6 is 11.3 Å². The summed E-state index contributed by atoms with van der Waals surface area (Å²) < 4.78 is 4.92. The number of ether oxygens (including phenoxy) is 1. The van der Waals surface area contributed by atoms with E-state index in [4.69, 9.17) is 9.84 Å². The third kappa shape index (κ3) is 4.11. The van der Waals surface area contributed by atoms with E-state index in [0.717, 1.165) is 10.4 Å². The molecule has 1 amide bonds. The Morgan fingerprint density at radius 1 is 1.59 bits per heavy atom. The second-order valence-electron chi connectivity index (χ2n) is 3.98. The van der Waals surface area contributed by atoms with Gasteiger partial charge in [0.05, 0.1) is 17.5 Å². The molecule has 1 atom stereocenters. The van der Waals surface area contributed by atoms with Gasteiger partial charge in [-0.2, -0.15) is 0 Å². The Morgan fingerprint density at radius 3 is 2.76 bits per heavy atom. The average molecular weight is 257 g/mol. The van der Waals surface area contributed by atoms with Gasteiger partial charge in [-0.3, -0.25) is 4.79 Å². The number of aliphatic hydroxyl groups excluding tert-OH is 1. The van der Waals surface area contributed by atoms with Gasteiger partial charge in [-0.25, -0.2) is 0 Å². The van der Waals surface area contributed by atoms with E-state index in [0.29, 0.717) is 17.9 Å². The van der Waals surface area contributed by atoms with Crippen molar-refractivity contribution in [3.8, 4) is 0 Å². The lowest BCUT2D eigenvalue weighted by Crippen LogP contribution is -2.37. The standard InChI is InChI=1S/C12H19NO3S/c1-8-6-11(17-9(8)2)12(15)13-10(7-14)4-5-16-3/h6,10,14H,4-5,7H2,1-3H3,(H,13,15). The normalized spacial score (nSPS) is 12.5. The molecule has 0 radical (unpaired) electrons. The molecule has 2 N–H and O–H groups in total. The van der Waals surface area contributed by atoms with Crippen molar-refractivity contribution in [2.24, 2.45) is 0 Å². The summed E-state index contributed by atoms with van der Waals surface area (Å²) >= 11 is 1.47. The van der Waals surface area contributed by atoms with Crippen LogP contribution in [0.3, 0.4) is 0 Å². The van der Waals surface area contributed by atoms with Crippen molar-refractivity contribution >= 4 is 17.2 Å². The molecule has 0 bridgehead atoms. The highest BCUT2D eigenvalue weighted by atomic mass is 32.1. The summed E-state index contributed by atoms with van der Waals surface area (Å²) in [6.07, 6.45) is 0.613. The maximum absolute atomic E-state index is 11.9. The summed E-state index contributed by atoms with van der Waals surface area (Å²) in [4.78, 5) is 13.7. The van der Waals surface area contributed by atoms with Crippen LogP contribution in [0.5, 0.6) is 0 Å². The van der Waals surface area contributed by atoms with Crippen LogP contribution in [-0.4, -0.2) is 37.4 Å². The number of carbonyl (C=O) groups is 1. The van der Waals surface area contributed by atoms with Crippen LogP contribution in [0.4, 0.5) is 0 Å². The number of aryl methyl sites for hydroxylation is 2. The first-order chi connectivity index (χ1) is 8.08. The lowest BCUT2D eigenvalue weighted by atomic mass is 10.2. The molecule has 0 fully saturated rings. The molecule has 4 nitrogen and oxygen atoms in total. The molecule has 1 aromatic heterocycles. The highest BCUT2D eigenvalue weighted by Crippen LogP contribution is 2.20. The van der Waals surface area contributed by atoms with Crippen molar-refractivity contribution in [2.75, 3.05) is 20.3 Å². The van der Waals surface area contributed by atoms with Crippen LogP contribution in [0, 0.1) is 13.8 Å². The lowest BCUT2D eigenvalue weighted by Gasteiger charge is -2.14. The Kier molecular flexibility index (Phi) is 5.61. The Bertz CT molecular complexity index is 356. The molecule has 0 aliphatic carbocycles. The Hall–Kier alpha value is -0.910. The molecular weight excluding hydrogens is 238 g/mol. The Morgan fingerprint density at radius 2 is 2.29 bits per heavy atom. The number of hydrogen-bond acceptors (Lipinski definition) is 4.